The van der Waals surface area contributed by atoms with Crippen molar-refractivity contribution < 1.29 is 28.5 Å². The SMILES string of the molecule is COc1ccnc(C(=S)N[C@@H](C)C(=O)O[C@@H](C)[C@H](Oc2ccccc2)c2ccc(F)cc2C)c1O. The van der Waals surface area contributed by atoms with Gasteiger partial charge in [0, 0.05) is 12.3 Å². The topological polar surface area (TPSA) is 89.9 Å². The van der Waals surface area contributed by atoms with Crippen molar-refractivity contribution in [1.29, 1.82) is 0 Å². The number of para-hydroxylation sites is 1. The number of halogens is 1. The highest BCUT2D eigenvalue weighted by atomic mass is 32.1. The lowest BCUT2D eigenvalue weighted by Gasteiger charge is -2.28. The standard InChI is InChI=1S/C26H27FN2O5S/c1-15-14-18(27)10-11-20(15)24(34-19-8-6-5-7-9-19)17(3)33-26(31)16(2)29-25(35)22-23(30)21(32-4)12-13-28-22/h5-14,16-17,24,30H,1-4H3,(H,29,35)/t16-,17-,24-/m0/s1. The van der Waals surface area contributed by atoms with Gasteiger partial charge in [-0.1, -0.05) is 36.5 Å². The van der Waals surface area contributed by atoms with E-state index in [0.29, 0.717) is 16.9 Å². The molecule has 7 nitrogen and oxygen atoms in total. The van der Waals surface area contributed by atoms with E-state index in [4.69, 9.17) is 26.4 Å². The van der Waals surface area contributed by atoms with Gasteiger partial charge in [-0.05, 0) is 56.2 Å². The molecule has 184 valence electrons. The largest absolute Gasteiger partial charge is 0.503 e. The predicted molar refractivity (Wildman–Crippen MR) is 133 cm³/mol. The third-order valence-electron chi connectivity index (χ3n) is 5.30. The maximum atomic E-state index is 13.7. The van der Waals surface area contributed by atoms with E-state index in [2.05, 4.69) is 10.3 Å². The second-order valence-corrected chi connectivity index (χ2v) is 8.31. The smallest absolute Gasteiger partial charge is 0.328 e. The van der Waals surface area contributed by atoms with Crippen LogP contribution in [0.5, 0.6) is 17.2 Å². The molecule has 0 unspecified atom stereocenters. The van der Waals surface area contributed by atoms with Crippen molar-refractivity contribution in [2.45, 2.75) is 39.0 Å². The Morgan fingerprint density at radius 3 is 2.51 bits per heavy atom. The quantitative estimate of drug-likeness (QED) is 0.326. The summed E-state index contributed by atoms with van der Waals surface area (Å²) < 4.78 is 30.6. The first-order valence-corrected chi connectivity index (χ1v) is 11.3. The summed E-state index contributed by atoms with van der Waals surface area (Å²) in [6.07, 6.45) is 0.0157. The van der Waals surface area contributed by atoms with Gasteiger partial charge in [-0.25, -0.2) is 14.2 Å². The van der Waals surface area contributed by atoms with E-state index in [0.717, 1.165) is 0 Å². The van der Waals surface area contributed by atoms with E-state index in [1.165, 1.54) is 31.5 Å². The number of aromatic nitrogens is 1. The molecule has 0 bridgehead atoms. The fourth-order valence-electron chi connectivity index (χ4n) is 3.45. The van der Waals surface area contributed by atoms with Crippen LogP contribution >= 0.6 is 12.2 Å². The van der Waals surface area contributed by atoms with Gasteiger partial charge in [-0.2, -0.15) is 0 Å². The third kappa shape index (κ3) is 6.45. The van der Waals surface area contributed by atoms with Gasteiger partial charge in [0.2, 0.25) is 0 Å². The Kier molecular flexibility index (Phi) is 8.59. The first-order chi connectivity index (χ1) is 16.7. The normalized spacial score (nSPS) is 13.3. The number of hydrogen-bond donors (Lipinski definition) is 2. The lowest BCUT2D eigenvalue weighted by molar-refractivity contribution is -0.154. The lowest BCUT2D eigenvalue weighted by atomic mass is 9.99. The number of nitrogens with one attached hydrogen (secondary N) is 1. The lowest BCUT2D eigenvalue weighted by Crippen LogP contribution is -2.41. The van der Waals surface area contributed by atoms with Gasteiger partial charge in [-0.3, -0.25) is 0 Å². The van der Waals surface area contributed by atoms with Crippen LogP contribution in [0.2, 0.25) is 0 Å². The molecule has 35 heavy (non-hydrogen) atoms. The molecule has 0 saturated carbocycles. The highest BCUT2D eigenvalue weighted by Crippen LogP contribution is 2.30. The van der Waals surface area contributed by atoms with Crippen molar-refractivity contribution >= 4 is 23.2 Å². The van der Waals surface area contributed by atoms with Crippen molar-refractivity contribution in [2.24, 2.45) is 0 Å². The van der Waals surface area contributed by atoms with Gasteiger partial charge in [-0.15, -0.1) is 0 Å². The zero-order valence-corrected chi connectivity index (χ0v) is 20.6. The van der Waals surface area contributed by atoms with Crippen LogP contribution in [0.3, 0.4) is 0 Å². The molecule has 0 amide bonds. The summed E-state index contributed by atoms with van der Waals surface area (Å²) in [4.78, 5) is 17.0. The van der Waals surface area contributed by atoms with E-state index in [-0.39, 0.29) is 28.0 Å². The van der Waals surface area contributed by atoms with Crippen molar-refractivity contribution in [3.63, 3.8) is 0 Å². The van der Waals surface area contributed by atoms with E-state index >= 15 is 0 Å². The molecular weight excluding hydrogens is 471 g/mol. The van der Waals surface area contributed by atoms with Crippen molar-refractivity contribution in [3.05, 3.63) is 83.4 Å². The first-order valence-electron chi connectivity index (χ1n) is 10.9. The summed E-state index contributed by atoms with van der Waals surface area (Å²) in [5.74, 6) is -0.405. The molecule has 0 aliphatic carbocycles. The fraction of sp³-hybridized carbons (Fsp3) is 0.269. The molecule has 0 aliphatic heterocycles. The number of carbonyl (C=O) groups is 1. The molecule has 2 N–H and O–H groups in total. The molecule has 2 aromatic carbocycles. The molecule has 3 rings (SSSR count). The van der Waals surface area contributed by atoms with E-state index in [1.54, 1.807) is 39.0 Å². The molecule has 3 aromatic rings. The number of aryl methyl sites for hydroxylation is 1. The zero-order chi connectivity index (χ0) is 25.5. The van der Waals surface area contributed by atoms with Crippen LogP contribution < -0.4 is 14.8 Å². The second kappa shape index (κ2) is 11.6. The Morgan fingerprint density at radius 2 is 1.86 bits per heavy atom. The van der Waals surface area contributed by atoms with Crippen LogP contribution in [-0.2, 0) is 9.53 Å². The summed E-state index contributed by atoms with van der Waals surface area (Å²) in [6, 6.07) is 14.1. The molecule has 9 heteroatoms. The Hall–Kier alpha value is -3.72. The number of benzene rings is 2. The Morgan fingerprint density at radius 1 is 1.14 bits per heavy atom. The first kappa shape index (κ1) is 25.9. The summed E-state index contributed by atoms with van der Waals surface area (Å²) in [6.45, 7) is 5.05. The fourth-order valence-corrected chi connectivity index (χ4v) is 3.78. The number of rotatable bonds is 9. The maximum Gasteiger partial charge on any atom is 0.328 e. The molecule has 0 saturated heterocycles. The number of methoxy groups -OCH3 is 1. The average Bonchev–Trinajstić information content (AvgIpc) is 2.83. The second-order valence-electron chi connectivity index (χ2n) is 7.90. The Balaban J connectivity index is 1.75. The molecule has 0 radical (unpaired) electrons. The molecule has 3 atom stereocenters. The predicted octanol–water partition coefficient (Wildman–Crippen LogP) is 4.65. The number of esters is 1. The number of pyridine rings is 1. The molecule has 0 spiro atoms. The van der Waals surface area contributed by atoms with Gasteiger partial charge in [0.25, 0.3) is 0 Å². The number of hydrogen-bond acceptors (Lipinski definition) is 7. The summed E-state index contributed by atoms with van der Waals surface area (Å²) in [5.41, 5.74) is 1.44. The molecular formula is C26H27FN2O5S. The van der Waals surface area contributed by atoms with E-state index in [1.807, 2.05) is 18.2 Å². The zero-order valence-electron chi connectivity index (χ0n) is 19.8. The van der Waals surface area contributed by atoms with Crippen LogP contribution in [0.15, 0.2) is 60.8 Å². The average molecular weight is 499 g/mol. The monoisotopic (exact) mass is 498 g/mol. The van der Waals surface area contributed by atoms with Crippen molar-refractivity contribution in [3.8, 4) is 17.2 Å². The minimum Gasteiger partial charge on any atom is -0.503 e. The van der Waals surface area contributed by atoms with Crippen molar-refractivity contribution in [1.82, 2.24) is 10.3 Å². The summed E-state index contributed by atoms with van der Waals surface area (Å²) >= 11 is 5.31. The molecule has 0 aliphatic rings. The van der Waals surface area contributed by atoms with Gasteiger partial charge < -0.3 is 24.6 Å². The minimum absolute atomic E-state index is 0.0602. The number of ether oxygens (including phenoxy) is 3. The van der Waals surface area contributed by atoms with Gasteiger partial charge >= 0.3 is 5.97 Å². The van der Waals surface area contributed by atoms with Crippen LogP contribution in [0, 0.1) is 12.7 Å². The van der Waals surface area contributed by atoms with Gasteiger partial charge in [0.15, 0.2) is 17.6 Å². The van der Waals surface area contributed by atoms with Gasteiger partial charge in [0.1, 0.15) is 34.4 Å². The number of nitrogens with zero attached hydrogens (tertiary/aromatic N) is 1. The van der Waals surface area contributed by atoms with E-state index < -0.39 is 24.2 Å². The molecule has 0 fully saturated rings. The number of aromatic hydroxyl groups is 1. The highest BCUT2D eigenvalue weighted by Gasteiger charge is 2.29. The van der Waals surface area contributed by atoms with Crippen LogP contribution in [0.4, 0.5) is 4.39 Å². The van der Waals surface area contributed by atoms with Crippen molar-refractivity contribution in [2.75, 3.05) is 7.11 Å². The maximum absolute atomic E-state index is 13.7. The summed E-state index contributed by atoms with van der Waals surface area (Å²) in [7, 11) is 1.41. The van der Waals surface area contributed by atoms with Crippen LogP contribution in [0.1, 0.15) is 36.8 Å². The third-order valence-corrected chi connectivity index (χ3v) is 5.61. The molecule has 1 heterocycles. The number of carbonyl (C=O) groups excluding carboxylic acids is 1. The Bertz CT molecular complexity index is 1190. The van der Waals surface area contributed by atoms with Crippen LogP contribution in [0.25, 0.3) is 0 Å². The summed E-state index contributed by atoms with van der Waals surface area (Å²) in [5, 5.41) is 13.1. The Labute approximate surface area is 208 Å². The number of thiocarbonyl (C=S) groups is 1. The highest BCUT2D eigenvalue weighted by molar-refractivity contribution is 7.80. The molecule has 1 aromatic heterocycles. The van der Waals surface area contributed by atoms with Crippen LogP contribution in [-0.4, -0.2) is 40.3 Å². The van der Waals surface area contributed by atoms with E-state index in [9.17, 15) is 14.3 Å². The van der Waals surface area contributed by atoms with Gasteiger partial charge in [0.05, 0.1) is 7.11 Å². The minimum atomic E-state index is -0.857.